The van der Waals surface area contributed by atoms with Gasteiger partial charge in [0, 0.05) is 31.7 Å². The van der Waals surface area contributed by atoms with Crippen LogP contribution >= 0.6 is 24.0 Å². The summed E-state index contributed by atoms with van der Waals surface area (Å²) in [6.07, 6.45) is 16.0. The van der Waals surface area contributed by atoms with Crippen molar-refractivity contribution in [2.24, 2.45) is 0 Å². The zero-order chi connectivity index (χ0) is 28.9. The molecule has 220 valence electrons. The number of nitriles is 1. The van der Waals surface area contributed by atoms with Gasteiger partial charge in [0.05, 0.1) is 18.1 Å². The molecule has 0 saturated carbocycles. The molecular formula is C31H46N4O3S2. The van der Waals surface area contributed by atoms with Gasteiger partial charge in [0.1, 0.15) is 21.8 Å². The van der Waals surface area contributed by atoms with Crippen LogP contribution in [0.1, 0.15) is 108 Å². The number of morpholine rings is 1. The second-order valence-electron chi connectivity index (χ2n) is 10.8. The number of nitrogens with zero attached hydrogens (tertiary/aromatic N) is 4. The van der Waals surface area contributed by atoms with Gasteiger partial charge in [-0.2, -0.15) is 5.26 Å². The Bertz CT molecular complexity index is 1150. The molecule has 0 atom stereocenters. The molecule has 0 unspecified atom stereocenters. The first-order valence-corrected chi connectivity index (χ1v) is 16.4. The van der Waals surface area contributed by atoms with Gasteiger partial charge in [-0.15, -0.1) is 0 Å². The van der Waals surface area contributed by atoms with Gasteiger partial charge in [-0.25, -0.2) is 0 Å². The lowest BCUT2D eigenvalue weighted by molar-refractivity contribution is -0.122. The Hall–Kier alpha value is -2.15. The van der Waals surface area contributed by atoms with Gasteiger partial charge >= 0.3 is 0 Å². The maximum atomic E-state index is 13.5. The molecule has 2 aliphatic heterocycles. The average molecular weight is 587 g/mol. The number of pyridine rings is 1. The first-order chi connectivity index (χ1) is 19.4. The number of carbonyl (C=O) groups excluding carboxylic acids is 1. The lowest BCUT2D eigenvalue weighted by atomic mass is 10.0. The van der Waals surface area contributed by atoms with Crippen LogP contribution in [-0.2, 0) is 16.1 Å². The molecule has 1 aromatic rings. The Balaban J connectivity index is 1.76. The van der Waals surface area contributed by atoms with E-state index >= 15 is 0 Å². The number of hydrogen-bond acceptors (Lipinski definition) is 7. The summed E-state index contributed by atoms with van der Waals surface area (Å²) in [6, 6.07) is 2.13. The van der Waals surface area contributed by atoms with Crippen molar-refractivity contribution >= 4 is 46.1 Å². The van der Waals surface area contributed by atoms with Crippen molar-refractivity contribution in [2.45, 2.75) is 104 Å². The van der Waals surface area contributed by atoms with E-state index in [4.69, 9.17) is 17.0 Å². The first-order valence-electron chi connectivity index (χ1n) is 15.2. The van der Waals surface area contributed by atoms with Gasteiger partial charge in [0.15, 0.2) is 0 Å². The maximum absolute atomic E-state index is 13.5. The lowest BCUT2D eigenvalue weighted by Gasteiger charge is -2.33. The van der Waals surface area contributed by atoms with Crippen molar-refractivity contribution in [2.75, 3.05) is 37.7 Å². The quantitative estimate of drug-likeness (QED) is 0.120. The molecule has 2 fully saturated rings. The molecule has 9 heteroatoms. The van der Waals surface area contributed by atoms with Crippen molar-refractivity contribution in [3.8, 4) is 6.07 Å². The zero-order valence-electron chi connectivity index (χ0n) is 24.6. The molecule has 2 saturated heterocycles. The molecule has 0 N–H and O–H groups in total. The molecule has 7 nitrogen and oxygen atoms in total. The van der Waals surface area contributed by atoms with E-state index in [2.05, 4.69) is 24.8 Å². The van der Waals surface area contributed by atoms with Gasteiger partial charge in [-0.1, -0.05) is 102 Å². The minimum absolute atomic E-state index is 0.0805. The molecular weight excluding hydrogens is 541 g/mol. The van der Waals surface area contributed by atoms with E-state index in [0.29, 0.717) is 54.2 Å². The maximum Gasteiger partial charge on any atom is 0.270 e. The summed E-state index contributed by atoms with van der Waals surface area (Å²) >= 11 is 6.94. The zero-order valence-corrected chi connectivity index (χ0v) is 26.3. The smallest absolute Gasteiger partial charge is 0.270 e. The highest BCUT2D eigenvalue weighted by atomic mass is 32.2. The monoisotopic (exact) mass is 586 g/mol. The summed E-state index contributed by atoms with van der Waals surface area (Å²) in [6.45, 7) is 9.74. The number of amides is 1. The van der Waals surface area contributed by atoms with Crippen LogP contribution in [0.4, 0.5) is 5.82 Å². The summed E-state index contributed by atoms with van der Waals surface area (Å²) in [7, 11) is 0. The van der Waals surface area contributed by atoms with Crippen LogP contribution in [0.25, 0.3) is 6.08 Å². The predicted molar refractivity (Wildman–Crippen MR) is 170 cm³/mol. The Morgan fingerprint density at radius 3 is 2.12 bits per heavy atom. The molecule has 3 heterocycles. The third kappa shape index (κ3) is 8.43. The molecule has 1 aromatic heterocycles. The van der Waals surface area contributed by atoms with Crippen LogP contribution in [0.15, 0.2) is 9.70 Å². The van der Waals surface area contributed by atoms with E-state index in [9.17, 15) is 14.9 Å². The fourth-order valence-corrected chi connectivity index (χ4v) is 6.66. The fourth-order valence-electron chi connectivity index (χ4n) is 5.36. The number of hydrogen-bond donors (Lipinski definition) is 0. The van der Waals surface area contributed by atoms with E-state index in [1.54, 1.807) is 9.47 Å². The number of anilines is 1. The summed E-state index contributed by atoms with van der Waals surface area (Å²) in [5.74, 6) is 0.696. The van der Waals surface area contributed by atoms with E-state index in [1.807, 2.05) is 13.0 Å². The van der Waals surface area contributed by atoms with Gasteiger partial charge in [-0.3, -0.25) is 19.1 Å². The molecule has 0 aliphatic carbocycles. The molecule has 40 heavy (non-hydrogen) atoms. The Labute approximate surface area is 249 Å². The molecule has 0 spiro atoms. The third-order valence-electron chi connectivity index (χ3n) is 7.78. The first kappa shape index (κ1) is 32.4. The Kier molecular flexibility index (Phi) is 13.7. The second-order valence-corrected chi connectivity index (χ2v) is 12.4. The summed E-state index contributed by atoms with van der Waals surface area (Å²) < 4.78 is 7.89. The van der Waals surface area contributed by atoms with Crippen LogP contribution in [0.3, 0.4) is 0 Å². The Morgan fingerprint density at radius 2 is 1.52 bits per heavy atom. The predicted octanol–water partition coefficient (Wildman–Crippen LogP) is 6.79. The highest BCUT2D eigenvalue weighted by Gasteiger charge is 2.33. The molecule has 2 aliphatic rings. The molecule has 3 rings (SSSR count). The van der Waals surface area contributed by atoms with Crippen LogP contribution in [0.2, 0.25) is 0 Å². The molecule has 0 bridgehead atoms. The van der Waals surface area contributed by atoms with Gasteiger partial charge < -0.3 is 9.64 Å². The number of carbonyl (C=O) groups is 1. The number of thiocarbonyl (C=S) groups is 1. The van der Waals surface area contributed by atoms with Crippen molar-refractivity contribution in [3.63, 3.8) is 0 Å². The average Bonchev–Trinajstić information content (AvgIpc) is 3.22. The summed E-state index contributed by atoms with van der Waals surface area (Å²) in [5.41, 5.74) is 1.25. The standard InChI is InChI=1S/C31H46N4O3S2/c1-4-6-8-9-10-11-12-13-14-15-17-35-30(37)27(40-31(35)39)22-25-24(3)26(23-32)29(36)34(16-7-5-2)28(25)33-18-20-38-21-19-33/h22H,4-21H2,1-3H3/b27-22+. The topological polar surface area (TPSA) is 78.6 Å². The second kappa shape index (κ2) is 17.0. The number of unbranched alkanes of at least 4 members (excludes halogenated alkanes) is 10. The van der Waals surface area contributed by atoms with Gasteiger partial charge in [-0.05, 0) is 31.4 Å². The highest BCUT2D eigenvalue weighted by molar-refractivity contribution is 8.26. The van der Waals surface area contributed by atoms with Crippen LogP contribution in [0, 0.1) is 18.3 Å². The van der Waals surface area contributed by atoms with E-state index in [-0.39, 0.29) is 17.0 Å². The largest absolute Gasteiger partial charge is 0.378 e. The summed E-state index contributed by atoms with van der Waals surface area (Å²) in [4.78, 5) is 31.3. The highest BCUT2D eigenvalue weighted by Crippen LogP contribution is 2.36. The van der Waals surface area contributed by atoms with Crippen LogP contribution in [-0.4, -0.2) is 52.5 Å². The molecule has 0 radical (unpaired) electrons. The minimum Gasteiger partial charge on any atom is -0.378 e. The van der Waals surface area contributed by atoms with E-state index in [0.717, 1.165) is 37.1 Å². The third-order valence-corrected chi connectivity index (χ3v) is 9.15. The van der Waals surface area contributed by atoms with Crippen molar-refractivity contribution in [1.82, 2.24) is 9.47 Å². The number of rotatable bonds is 16. The number of thioether (sulfide) groups is 1. The van der Waals surface area contributed by atoms with Crippen LogP contribution < -0.4 is 10.5 Å². The van der Waals surface area contributed by atoms with Crippen molar-refractivity contribution in [3.05, 3.63) is 31.9 Å². The van der Waals surface area contributed by atoms with Gasteiger partial charge in [0.2, 0.25) is 0 Å². The minimum atomic E-state index is -0.263. The van der Waals surface area contributed by atoms with E-state index in [1.165, 1.54) is 63.1 Å². The van der Waals surface area contributed by atoms with E-state index < -0.39 is 0 Å². The molecule has 0 aromatic carbocycles. The lowest BCUT2D eigenvalue weighted by Crippen LogP contribution is -2.41. The number of aromatic nitrogens is 1. The van der Waals surface area contributed by atoms with Crippen molar-refractivity contribution in [1.29, 1.82) is 5.26 Å². The SMILES string of the molecule is CCCCCCCCCCCCN1C(=O)/C(=C\c2c(C)c(C#N)c(=O)n(CCCC)c2N2CCOCC2)SC1=S. The summed E-state index contributed by atoms with van der Waals surface area (Å²) in [5, 5.41) is 9.88. The number of ether oxygens (including phenoxy) is 1. The van der Waals surface area contributed by atoms with Crippen molar-refractivity contribution < 1.29 is 9.53 Å². The normalized spacial score (nSPS) is 16.8. The Morgan fingerprint density at radius 1 is 0.925 bits per heavy atom. The van der Waals surface area contributed by atoms with Crippen LogP contribution in [0.5, 0.6) is 0 Å². The van der Waals surface area contributed by atoms with Gasteiger partial charge in [0.25, 0.3) is 11.5 Å². The molecule has 1 amide bonds. The fraction of sp³-hybridized carbons (Fsp3) is 0.677.